The fraction of sp³-hybridized carbons (Fsp3) is 0.0667. The van der Waals surface area contributed by atoms with Gasteiger partial charge >= 0.3 is 0 Å². The molecule has 0 atom stereocenters. The second-order valence-corrected chi connectivity index (χ2v) is 4.97. The van der Waals surface area contributed by atoms with E-state index < -0.39 is 0 Å². The first-order chi connectivity index (χ1) is 8.40. The lowest BCUT2D eigenvalue weighted by Crippen LogP contribution is -2.13. The van der Waals surface area contributed by atoms with Crippen molar-refractivity contribution in [3.8, 4) is 0 Å². The third-order valence-electron chi connectivity index (χ3n) is 2.77. The van der Waals surface area contributed by atoms with Crippen molar-refractivity contribution in [1.82, 2.24) is 0 Å². The van der Waals surface area contributed by atoms with Gasteiger partial charge in [-0.25, -0.2) is 0 Å². The second-order valence-electron chi connectivity index (χ2n) is 3.89. The molecule has 0 fully saturated rings. The molecule has 1 heterocycles. The van der Waals surface area contributed by atoms with Gasteiger partial charge in [0.05, 0.1) is 11.4 Å². The molecule has 0 aliphatic carbocycles. The van der Waals surface area contributed by atoms with Crippen molar-refractivity contribution < 1.29 is 0 Å². The minimum absolute atomic E-state index is 1.26. The van der Waals surface area contributed by atoms with E-state index >= 15 is 0 Å². The van der Waals surface area contributed by atoms with Crippen molar-refractivity contribution in [2.75, 3.05) is 4.90 Å². The van der Waals surface area contributed by atoms with Gasteiger partial charge < -0.3 is 4.90 Å². The van der Waals surface area contributed by atoms with Crippen LogP contribution in [-0.2, 0) is 0 Å². The fourth-order valence-electron chi connectivity index (χ4n) is 2.04. The van der Waals surface area contributed by atoms with Crippen molar-refractivity contribution >= 4 is 23.1 Å². The van der Waals surface area contributed by atoms with Gasteiger partial charge in [0.2, 0.25) is 0 Å². The van der Waals surface area contributed by atoms with Crippen molar-refractivity contribution in [2.45, 2.75) is 16.7 Å². The molecule has 17 heavy (non-hydrogen) atoms. The van der Waals surface area contributed by atoms with Crippen molar-refractivity contribution in [2.24, 2.45) is 0 Å². The Morgan fingerprint density at radius 3 is 1.94 bits per heavy atom. The van der Waals surface area contributed by atoms with Crippen LogP contribution in [0.4, 0.5) is 11.4 Å². The quantitative estimate of drug-likeness (QED) is 0.701. The SMILES string of the molecule is C/C=C/N1c2ccccc2Sc2ccccc21. The second kappa shape index (κ2) is 4.30. The molecule has 1 nitrogen and oxygen atoms in total. The predicted molar refractivity (Wildman–Crippen MR) is 74.0 cm³/mol. The van der Waals surface area contributed by atoms with Crippen molar-refractivity contribution in [3.63, 3.8) is 0 Å². The van der Waals surface area contributed by atoms with Crippen LogP contribution in [0, 0.1) is 0 Å². The van der Waals surface area contributed by atoms with Gasteiger partial charge in [0.25, 0.3) is 0 Å². The molecule has 0 bridgehead atoms. The van der Waals surface area contributed by atoms with E-state index in [-0.39, 0.29) is 0 Å². The van der Waals surface area contributed by atoms with E-state index in [1.165, 1.54) is 21.2 Å². The average Bonchev–Trinajstić information content (AvgIpc) is 2.39. The Morgan fingerprint density at radius 1 is 0.882 bits per heavy atom. The van der Waals surface area contributed by atoms with Crippen LogP contribution in [-0.4, -0.2) is 0 Å². The van der Waals surface area contributed by atoms with Crippen LogP contribution in [0.25, 0.3) is 0 Å². The largest absolute Gasteiger partial charge is 0.315 e. The van der Waals surface area contributed by atoms with Crippen LogP contribution in [0.15, 0.2) is 70.6 Å². The highest BCUT2D eigenvalue weighted by Crippen LogP contribution is 2.47. The average molecular weight is 239 g/mol. The Labute approximate surface area is 106 Å². The monoisotopic (exact) mass is 239 g/mol. The molecule has 0 radical (unpaired) electrons. The molecule has 0 aromatic heterocycles. The van der Waals surface area contributed by atoms with Gasteiger partial charge in [-0.15, -0.1) is 0 Å². The Kier molecular flexibility index (Phi) is 2.65. The van der Waals surface area contributed by atoms with Gasteiger partial charge in [0.1, 0.15) is 0 Å². The van der Waals surface area contributed by atoms with Gasteiger partial charge in [-0.05, 0) is 31.2 Å². The van der Waals surface area contributed by atoms with E-state index in [4.69, 9.17) is 0 Å². The molecule has 2 aromatic rings. The number of benzene rings is 2. The molecule has 0 saturated heterocycles. The molecule has 0 amide bonds. The Hall–Kier alpha value is -1.67. The highest BCUT2D eigenvalue weighted by molar-refractivity contribution is 7.99. The molecular formula is C15H13NS. The molecule has 0 N–H and O–H groups in total. The molecule has 2 heteroatoms. The predicted octanol–water partition coefficient (Wildman–Crippen LogP) is 4.82. The Bertz CT molecular complexity index is 529. The zero-order valence-electron chi connectivity index (χ0n) is 9.63. The summed E-state index contributed by atoms with van der Waals surface area (Å²) in [6, 6.07) is 17.0. The van der Waals surface area contributed by atoms with Gasteiger partial charge in [-0.2, -0.15) is 0 Å². The lowest BCUT2D eigenvalue weighted by Gasteiger charge is -2.29. The first-order valence-electron chi connectivity index (χ1n) is 5.68. The number of para-hydroxylation sites is 2. The molecule has 0 spiro atoms. The number of fused-ring (bicyclic) bond motifs is 2. The maximum atomic E-state index is 2.25. The van der Waals surface area contributed by atoms with Gasteiger partial charge in [-0.1, -0.05) is 42.1 Å². The summed E-state index contributed by atoms with van der Waals surface area (Å²) in [6.45, 7) is 2.05. The summed E-state index contributed by atoms with van der Waals surface area (Å²) in [5, 5.41) is 0. The summed E-state index contributed by atoms with van der Waals surface area (Å²) >= 11 is 1.84. The fourth-order valence-corrected chi connectivity index (χ4v) is 3.11. The number of allylic oxidation sites excluding steroid dienone is 1. The Balaban J connectivity index is 2.20. The lowest BCUT2D eigenvalue weighted by atomic mass is 10.2. The Morgan fingerprint density at radius 2 is 1.41 bits per heavy atom. The van der Waals surface area contributed by atoms with Gasteiger partial charge in [0.15, 0.2) is 0 Å². The third kappa shape index (κ3) is 1.75. The first-order valence-corrected chi connectivity index (χ1v) is 6.50. The van der Waals surface area contributed by atoms with Crippen LogP contribution < -0.4 is 4.90 Å². The summed E-state index contributed by atoms with van der Waals surface area (Å²) in [5.74, 6) is 0. The molecular weight excluding hydrogens is 226 g/mol. The van der Waals surface area contributed by atoms with E-state index in [2.05, 4.69) is 65.7 Å². The minimum Gasteiger partial charge on any atom is -0.315 e. The van der Waals surface area contributed by atoms with E-state index in [0.29, 0.717) is 0 Å². The summed E-state index contributed by atoms with van der Waals surface area (Å²) in [4.78, 5) is 4.87. The zero-order chi connectivity index (χ0) is 11.7. The van der Waals surface area contributed by atoms with Crippen molar-refractivity contribution in [1.29, 1.82) is 0 Å². The maximum Gasteiger partial charge on any atom is 0.0595 e. The highest BCUT2D eigenvalue weighted by atomic mass is 32.2. The maximum absolute atomic E-state index is 2.25. The van der Waals surface area contributed by atoms with Gasteiger partial charge in [-0.3, -0.25) is 0 Å². The van der Waals surface area contributed by atoms with Gasteiger partial charge in [0, 0.05) is 16.0 Å². The molecule has 3 rings (SSSR count). The third-order valence-corrected chi connectivity index (χ3v) is 3.90. The molecule has 1 aliphatic rings. The number of hydrogen-bond acceptors (Lipinski definition) is 2. The molecule has 2 aromatic carbocycles. The summed E-state index contributed by atoms with van der Waals surface area (Å²) in [7, 11) is 0. The minimum atomic E-state index is 1.26. The molecule has 84 valence electrons. The number of anilines is 2. The van der Waals surface area contributed by atoms with E-state index in [0.717, 1.165) is 0 Å². The van der Waals surface area contributed by atoms with Crippen LogP contribution in [0.5, 0.6) is 0 Å². The smallest absolute Gasteiger partial charge is 0.0595 e. The molecule has 1 aliphatic heterocycles. The summed E-state index contributed by atoms with van der Waals surface area (Å²) < 4.78 is 0. The first kappa shape index (κ1) is 10.5. The number of rotatable bonds is 1. The standard InChI is InChI=1S/C15H13NS/c1-2-11-16-12-7-3-5-9-14(12)17-15-10-6-4-8-13(15)16/h2-11H,1H3/b11-2+. The lowest BCUT2D eigenvalue weighted by molar-refractivity contribution is 1.16. The van der Waals surface area contributed by atoms with Crippen LogP contribution in [0.2, 0.25) is 0 Å². The highest BCUT2D eigenvalue weighted by Gasteiger charge is 2.20. The summed E-state index contributed by atoms with van der Waals surface area (Å²) in [5.41, 5.74) is 2.52. The van der Waals surface area contributed by atoms with Crippen molar-refractivity contribution in [3.05, 3.63) is 60.8 Å². The van der Waals surface area contributed by atoms with E-state index in [9.17, 15) is 0 Å². The van der Waals surface area contributed by atoms with Crippen LogP contribution in [0.1, 0.15) is 6.92 Å². The van der Waals surface area contributed by atoms with Crippen LogP contribution >= 0.6 is 11.8 Å². The molecule has 0 unspecified atom stereocenters. The van der Waals surface area contributed by atoms with E-state index in [1.807, 2.05) is 18.7 Å². The zero-order valence-corrected chi connectivity index (χ0v) is 10.4. The van der Waals surface area contributed by atoms with E-state index in [1.54, 1.807) is 0 Å². The number of hydrogen-bond donors (Lipinski definition) is 0. The number of nitrogens with zero attached hydrogens (tertiary/aromatic N) is 1. The molecule has 0 saturated carbocycles. The normalized spacial score (nSPS) is 13.6. The van der Waals surface area contributed by atoms with Crippen LogP contribution in [0.3, 0.4) is 0 Å². The topological polar surface area (TPSA) is 3.24 Å². The summed E-state index contributed by atoms with van der Waals surface area (Å²) in [6.07, 6.45) is 4.20.